The minimum atomic E-state index is -0.455. The van der Waals surface area contributed by atoms with Gasteiger partial charge in [0.1, 0.15) is 5.60 Å². The van der Waals surface area contributed by atoms with Crippen LogP contribution in [-0.4, -0.2) is 11.6 Å². The van der Waals surface area contributed by atoms with E-state index < -0.39 is 5.60 Å². The highest BCUT2D eigenvalue weighted by Crippen LogP contribution is 2.38. The molecule has 0 radical (unpaired) electrons. The number of hydrogen-bond donors (Lipinski definition) is 0. The maximum Gasteiger partial charge on any atom is 0.330 e. The predicted molar refractivity (Wildman–Crippen MR) is 77.5 cm³/mol. The molecule has 0 aliphatic heterocycles. The van der Waals surface area contributed by atoms with E-state index in [4.69, 9.17) is 4.74 Å². The monoisotopic (exact) mass is 254 g/mol. The van der Waals surface area contributed by atoms with E-state index in [9.17, 15) is 4.79 Å². The molecule has 0 atom stereocenters. The molecule has 0 aromatic rings. The van der Waals surface area contributed by atoms with Gasteiger partial charge in [0.15, 0.2) is 0 Å². The highest BCUT2D eigenvalue weighted by atomic mass is 16.6. The highest BCUT2D eigenvalue weighted by Gasteiger charge is 2.39. The van der Waals surface area contributed by atoms with Crippen LogP contribution in [0.3, 0.4) is 0 Å². The molecule has 0 amide bonds. The molecular formula is C16H30O2. The van der Waals surface area contributed by atoms with E-state index in [1.807, 2.05) is 13.8 Å². The van der Waals surface area contributed by atoms with E-state index >= 15 is 0 Å². The Morgan fingerprint density at radius 1 is 1.11 bits per heavy atom. The lowest BCUT2D eigenvalue weighted by atomic mass is 9.73. The first kappa shape index (κ1) is 17.2. The van der Waals surface area contributed by atoms with E-state index in [-0.39, 0.29) is 11.4 Å². The van der Waals surface area contributed by atoms with Crippen molar-refractivity contribution in [2.24, 2.45) is 5.41 Å². The highest BCUT2D eigenvalue weighted by molar-refractivity contribution is 5.81. The molecule has 2 nitrogen and oxygen atoms in total. The summed E-state index contributed by atoms with van der Waals surface area (Å²) in [6.07, 6.45) is 8.67. The van der Waals surface area contributed by atoms with Crippen molar-refractivity contribution >= 4 is 5.97 Å². The molecule has 0 fully saturated rings. The minimum Gasteiger partial charge on any atom is -0.456 e. The van der Waals surface area contributed by atoms with Gasteiger partial charge in [0.05, 0.1) is 0 Å². The molecule has 0 spiro atoms. The fourth-order valence-corrected chi connectivity index (χ4v) is 1.90. The van der Waals surface area contributed by atoms with Crippen LogP contribution in [-0.2, 0) is 9.53 Å². The largest absolute Gasteiger partial charge is 0.456 e. The van der Waals surface area contributed by atoms with Crippen molar-refractivity contribution in [2.75, 3.05) is 0 Å². The Bertz CT molecular complexity index is 264. The summed E-state index contributed by atoms with van der Waals surface area (Å²) in [7, 11) is 0. The molecule has 0 aliphatic rings. The van der Waals surface area contributed by atoms with Crippen molar-refractivity contribution in [2.45, 2.75) is 78.7 Å². The van der Waals surface area contributed by atoms with Crippen LogP contribution >= 0.6 is 0 Å². The van der Waals surface area contributed by atoms with Crippen molar-refractivity contribution < 1.29 is 9.53 Å². The van der Waals surface area contributed by atoms with Gasteiger partial charge in [-0.25, -0.2) is 4.79 Å². The number of rotatable bonds is 9. The van der Waals surface area contributed by atoms with Gasteiger partial charge in [-0.1, -0.05) is 59.5 Å². The van der Waals surface area contributed by atoms with Crippen LogP contribution in [0, 0.1) is 5.41 Å². The molecule has 106 valence electrons. The molecule has 2 heteroatoms. The summed E-state index contributed by atoms with van der Waals surface area (Å²) in [5.74, 6) is -0.334. The molecule has 0 N–H and O–H groups in total. The van der Waals surface area contributed by atoms with Crippen LogP contribution in [0.15, 0.2) is 12.7 Å². The molecule has 0 bridgehead atoms. The maximum absolute atomic E-state index is 11.3. The van der Waals surface area contributed by atoms with Crippen LogP contribution in [0.2, 0.25) is 0 Å². The van der Waals surface area contributed by atoms with Gasteiger partial charge in [0.25, 0.3) is 0 Å². The maximum atomic E-state index is 11.3. The van der Waals surface area contributed by atoms with Gasteiger partial charge in [0, 0.05) is 11.5 Å². The average Bonchev–Trinajstić information content (AvgIpc) is 2.27. The van der Waals surface area contributed by atoms with Crippen molar-refractivity contribution in [3.8, 4) is 0 Å². The smallest absolute Gasteiger partial charge is 0.330 e. The molecule has 0 saturated carbocycles. The van der Waals surface area contributed by atoms with Gasteiger partial charge < -0.3 is 4.74 Å². The van der Waals surface area contributed by atoms with E-state index in [1.54, 1.807) is 0 Å². The Kier molecular flexibility index (Phi) is 7.27. The van der Waals surface area contributed by atoms with Crippen LogP contribution in [0.25, 0.3) is 0 Å². The van der Waals surface area contributed by atoms with E-state index in [0.29, 0.717) is 0 Å². The molecule has 0 aromatic heterocycles. The minimum absolute atomic E-state index is 0.0160. The Morgan fingerprint density at radius 3 is 2.17 bits per heavy atom. The SMILES string of the molecule is C=CC(=O)OC(C)(C)C(C)(C)CCCCCCC. The third kappa shape index (κ3) is 5.70. The van der Waals surface area contributed by atoms with E-state index in [0.717, 1.165) is 6.42 Å². The molecule has 0 heterocycles. The summed E-state index contributed by atoms with van der Waals surface area (Å²) in [5, 5.41) is 0. The second-order valence-corrected chi connectivity index (χ2v) is 6.18. The first-order valence-corrected chi connectivity index (χ1v) is 7.12. The number of ether oxygens (including phenoxy) is 1. The van der Waals surface area contributed by atoms with E-state index in [2.05, 4.69) is 27.4 Å². The molecule has 18 heavy (non-hydrogen) atoms. The zero-order valence-corrected chi connectivity index (χ0v) is 12.8. The Morgan fingerprint density at radius 2 is 1.67 bits per heavy atom. The summed E-state index contributed by atoms with van der Waals surface area (Å²) in [4.78, 5) is 11.3. The first-order chi connectivity index (χ1) is 8.27. The molecular weight excluding hydrogens is 224 g/mol. The fourth-order valence-electron chi connectivity index (χ4n) is 1.90. The summed E-state index contributed by atoms with van der Waals surface area (Å²) in [6.45, 7) is 14.0. The standard InChI is InChI=1S/C16H30O2/c1-7-9-10-11-12-13-15(3,4)16(5,6)18-14(17)8-2/h8H,2,7,9-13H2,1,3-6H3. The zero-order valence-electron chi connectivity index (χ0n) is 12.8. The number of hydrogen-bond acceptors (Lipinski definition) is 2. The van der Waals surface area contributed by atoms with Gasteiger partial charge in [-0.2, -0.15) is 0 Å². The van der Waals surface area contributed by atoms with Gasteiger partial charge in [-0.05, 0) is 20.3 Å². The molecule has 0 aliphatic carbocycles. The summed E-state index contributed by atoms with van der Waals surface area (Å²) < 4.78 is 5.47. The molecule has 0 unspecified atom stereocenters. The predicted octanol–water partition coefficient (Wildman–Crippen LogP) is 4.88. The molecule has 0 saturated heterocycles. The van der Waals surface area contributed by atoms with Crippen LogP contribution in [0.4, 0.5) is 0 Å². The van der Waals surface area contributed by atoms with Gasteiger partial charge in [0.2, 0.25) is 0 Å². The average molecular weight is 254 g/mol. The third-order valence-electron chi connectivity index (χ3n) is 4.06. The lowest BCUT2D eigenvalue weighted by molar-refractivity contribution is -0.162. The van der Waals surface area contributed by atoms with Crippen LogP contribution in [0.1, 0.15) is 73.1 Å². The van der Waals surface area contributed by atoms with Crippen molar-refractivity contribution in [3.05, 3.63) is 12.7 Å². The molecule has 0 aromatic carbocycles. The Hall–Kier alpha value is -0.790. The number of unbranched alkanes of at least 4 members (excludes halogenated alkanes) is 4. The lowest BCUT2D eigenvalue weighted by Gasteiger charge is -2.40. The van der Waals surface area contributed by atoms with Crippen molar-refractivity contribution in [1.82, 2.24) is 0 Å². The quantitative estimate of drug-likeness (QED) is 0.333. The summed E-state index contributed by atoms with van der Waals surface area (Å²) >= 11 is 0. The van der Waals surface area contributed by atoms with Crippen molar-refractivity contribution in [1.29, 1.82) is 0 Å². The van der Waals surface area contributed by atoms with E-state index in [1.165, 1.54) is 38.2 Å². The zero-order chi connectivity index (χ0) is 14.2. The summed E-state index contributed by atoms with van der Waals surface area (Å²) in [5.41, 5.74) is -0.471. The normalized spacial score (nSPS) is 12.3. The first-order valence-electron chi connectivity index (χ1n) is 7.12. The number of esters is 1. The summed E-state index contributed by atoms with van der Waals surface area (Å²) in [6, 6.07) is 0. The fraction of sp³-hybridized carbons (Fsp3) is 0.812. The van der Waals surface area contributed by atoms with Crippen molar-refractivity contribution in [3.63, 3.8) is 0 Å². The Labute approximate surface area is 113 Å². The van der Waals surface area contributed by atoms with Crippen LogP contribution in [0.5, 0.6) is 0 Å². The van der Waals surface area contributed by atoms with Gasteiger partial charge >= 0.3 is 5.97 Å². The third-order valence-corrected chi connectivity index (χ3v) is 4.06. The van der Waals surface area contributed by atoms with Gasteiger partial charge in [-0.3, -0.25) is 0 Å². The lowest BCUT2D eigenvalue weighted by Crippen LogP contribution is -2.43. The number of carbonyl (C=O) groups excluding carboxylic acids is 1. The van der Waals surface area contributed by atoms with Crippen LogP contribution < -0.4 is 0 Å². The Balaban J connectivity index is 4.23. The second kappa shape index (κ2) is 7.60. The number of carbonyl (C=O) groups is 1. The topological polar surface area (TPSA) is 26.3 Å². The van der Waals surface area contributed by atoms with Gasteiger partial charge in [-0.15, -0.1) is 0 Å². The second-order valence-electron chi connectivity index (χ2n) is 6.18. The molecule has 0 rings (SSSR count).